The first kappa shape index (κ1) is 36.0. The molecule has 258 valence electrons. The van der Waals surface area contributed by atoms with E-state index in [1.54, 1.807) is 0 Å². The Kier molecular flexibility index (Phi) is 12.7. The highest BCUT2D eigenvalue weighted by molar-refractivity contribution is 5.92. The zero-order valence-electron chi connectivity index (χ0n) is 28.5. The van der Waals surface area contributed by atoms with Crippen molar-refractivity contribution in [3.63, 3.8) is 0 Å². The Morgan fingerprint density at radius 2 is 1.24 bits per heavy atom. The third kappa shape index (κ3) is 7.78. The number of nitrogens with zero attached hydrogens (tertiary/aromatic N) is 1. The number of carbonyl (C=O) groups is 2. The molecule has 1 saturated heterocycles. The molecule has 0 radical (unpaired) electrons. The van der Waals surface area contributed by atoms with Crippen LogP contribution >= 0.6 is 0 Å². The van der Waals surface area contributed by atoms with Crippen molar-refractivity contribution >= 4 is 11.8 Å². The lowest BCUT2D eigenvalue weighted by Gasteiger charge is -2.39. The number of hydrogen-bond acceptors (Lipinski definition) is 6. The molecule has 2 unspecified atom stereocenters. The van der Waals surface area contributed by atoms with Gasteiger partial charge in [-0.15, -0.1) is 0 Å². The average Bonchev–Trinajstić information content (AvgIpc) is 3.61. The van der Waals surface area contributed by atoms with Crippen LogP contribution in [0.15, 0.2) is 121 Å². The van der Waals surface area contributed by atoms with Crippen LogP contribution in [0.2, 0.25) is 0 Å². The Morgan fingerprint density at radius 3 is 1.71 bits per heavy atom. The van der Waals surface area contributed by atoms with E-state index in [1.165, 1.54) is 0 Å². The fraction of sp³-hybridized carbons (Fsp3) is 0.366. The van der Waals surface area contributed by atoms with E-state index in [0.717, 1.165) is 54.7 Å². The molecule has 2 atom stereocenters. The maximum Gasteiger partial charge on any atom is 0.232 e. The molecule has 1 aliphatic rings. The van der Waals surface area contributed by atoms with Crippen molar-refractivity contribution in [2.45, 2.75) is 30.6 Å². The predicted octanol–water partition coefficient (Wildman–Crippen LogP) is 4.86. The number of primary amides is 2. The predicted molar refractivity (Wildman–Crippen MR) is 194 cm³/mol. The van der Waals surface area contributed by atoms with E-state index >= 15 is 0 Å². The van der Waals surface area contributed by atoms with Crippen LogP contribution in [0.4, 0.5) is 0 Å². The van der Waals surface area contributed by atoms with Crippen LogP contribution in [0.1, 0.15) is 42.0 Å². The molecule has 5 rings (SSSR count). The number of rotatable bonds is 19. The van der Waals surface area contributed by atoms with Gasteiger partial charge in [0.1, 0.15) is 17.6 Å². The zero-order chi connectivity index (χ0) is 34.5. The molecule has 5 N–H and O–H groups in total. The van der Waals surface area contributed by atoms with E-state index in [0.29, 0.717) is 26.3 Å². The Morgan fingerprint density at radius 1 is 0.755 bits per heavy atom. The van der Waals surface area contributed by atoms with Gasteiger partial charge in [-0.25, -0.2) is 0 Å². The van der Waals surface area contributed by atoms with E-state index in [2.05, 4.69) is 17.1 Å². The molecule has 1 aliphatic heterocycles. The Labute approximate surface area is 290 Å². The second-order valence-corrected chi connectivity index (χ2v) is 12.8. The van der Waals surface area contributed by atoms with Crippen LogP contribution in [-0.2, 0) is 29.9 Å². The lowest BCUT2D eigenvalue weighted by atomic mass is 9.64. The van der Waals surface area contributed by atoms with Gasteiger partial charge in [0.25, 0.3) is 0 Å². The van der Waals surface area contributed by atoms with Crippen LogP contribution in [0, 0.1) is 11.8 Å². The Balaban J connectivity index is 1.09. The molecule has 1 fully saturated rings. The lowest BCUT2D eigenvalue weighted by molar-refractivity contribution is -0.124. The smallest absolute Gasteiger partial charge is 0.232 e. The summed E-state index contributed by atoms with van der Waals surface area (Å²) in [5.41, 5.74) is 14.3. The summed E-state index contributed by atoms with van der Waals surface area (Å²) in [6.45, 7) is 6.84. The lowest BCUT2D eigenvalue weighted by Crippen LogP contribution is -2.51. The van der Waals surface area contributed by atoms with Gasteiger partial charge in [-0.05, 0) is 53.6 Å². The summed E-state index contributed by atoms with van der Waals surface area (Å²) in [5, 5.41) is 3.49. The molecular weight excluding hydrogens is 612 g/mol. The van der Waals surface area contributed by atoms with Crippen molar-refractivity contribution in [3.05, 3.63) is 144 Å². The van der Waals surface area contributed by atoms with E-state index in [9.17, 15) is 9.59 Å². The molecule has 0 aliphatic carbocycles. The van der Waals surface area contributed by atoms with Gasteiger partial charge in [0.05, 0.1) is 13.2 Å². The fourth-order valence-electron chi connectivity index (χ4n) is 7.84. The molecule has 1 heterocycles. The molecule has 4 aromatic rings. The molecule has 0 spiro atoms. The monoisotopic (exact) mass is 662 g/mol. The minimum absolute atomic E-state index is 0.0427. The van der Waals surface area contributed by atoms with E-state index < -0.39 is 10.8 Å². The average molecular weight is 663 g/mol. The summed E-state index contributed by atoms with van der Waals surface area (Å²) >= 11 is 0. The van der Waals surface area contributed by atoms with Crippen molar-refractivity contribution in [1.82, 2.24) is 10.2 Å². The summed E-state index contributed by atoms with van der Waals surface area (Å²) in [4.78, 5) is 29.0. The summed E-state index contributed by atoms with van der Waals surface area (Å²) in [6, 6.07) is 39.5. The summed E-state index contributed by atoms with van der Waals surface area (Å²) < 4.78 is 11.6. The normalized spacial score (nSPS) is 16.0. The Bertz CT molecular complexity index is 1510. The van der Waals surface area contributed by atoms with Crippen LogP contribution < -0.4 is 16.8 Å². The van der Waals surface area contributed by atoms with Crippen molar-refractivity contribution in [3.8, 4) is 0 Å². The summed E-state index contributed by atoms with van der Waals surface area (Å²) in [5.74, 6) is -0.692. The third-order valence-corrected chi connectivity index (χ3v) is 10.2. The SMILES string of the molecule is CCC(CNCCOCOCCN1CCC(C(C(N)=O)(c2ccccc2)c2ccccc2)C1)C(C(N)=O)(c1ccccc1)c1ccccc1. The fourth-order valence-corrected chi connectivity index (χ4v) is 7.84. The highest BCUT2D eigenvalue weighted by Crippen LogP contribution is 2.44. The van der Waals surface area contributed by atoms with Crippen molar-refractivity contribution in [2.24, 2.45) is 23.3 Å². The first-order valence-electron chi connectivity index (χ1n) is 17.4. The first-order chi connectivity index (χ1) is 23.9. The minimum atomic E-state index is -0.956. The minimum Gasteiger partial charge on any atom is -0.369 e. The van der Waals surface area contributed by atoms with E-state index in [-0.39, 0.29) is 30.4 Å². The molecule has 8 nitrogen and oxygen atoms in total. The van der Waals surface area contributed by atoms with Gasteiger partial charge in [0.2, 0.25) is 11.8 Å². The first-order valence-corrected chi connectivity index (χ1v) is 17.4. The molecule has 8 heteroatoms. The third-order valence-electron chi connectivity index (χ3n) is 10.2. The van der Waals surface area contributed by atoms with E-state index in [4.69, 9.17) is 20.9 Å². The maximum absolute atomic E-state index is 13.3. The number of hydrogen-bond donors (Lipinski definition) is 3. The van der Waals surface area contributed by atoms with Crippen molar-refractivity contribution in [2.75, 3.05) is 52.7 Å². The van der Waals surface area contributed by atoms with Gasteiger partial charge in [0, 0.05) is 19.6 Å². The highest BCUT2D eigenvalue weighted by Gasteiger charge is 2.49. The van der Waals surface area contributed by atoms with Gasteiger partial charge < -0.3 is 31.2 Å². The summed E-state index contributed by atoms with van der Waals surface area (Å²) in [7, 11) is 0. The molecular formula is C41H50N4O4. The van der Waals surface area contributed by atoms with Crippen LogP contribution in [0.5, 0.6) is 0 Å². The highest BCUT2D eigenvalue weighted by atomic mass is 16.7. The van der Waals surface area contributed by atoms with Crippen LogP contribution in [0.3, 0.4) is 0 Å². The molecule has 49 heavy (non-hydrogen) atoms. The standard InChI is InChI=1S/C41H50N4O4/c1-2-32(40(38(42)46,33-15-7-3-8-16-33)34-17-9-4-10-18-34)29-44-24-27-48-31-49-28-26-45-25-23-37(30-45)41(39(43)47,35-19-11-5-12-20-35)36-21-13-6-14-22-36/h3-22,32,37,44H,2,23-31H2,1H3,(H2,42,46)(H2,43,47). The van der Waals surface area contributed by atoms with Crippen LogP contribution in [-0.4, -0.2) is 69.4 Å². The number of nitrogens with two attached hydrogens (primary N) is 2. The number of benzene rings is 4. The summed E-state index contributed by atoms with van der Waals surface area (Å²) in [6.07, 6.45) is 1.62. The maximum atomic E-state index is 13.3. The number of ether oxygens (including phenoxy) is 2. The zero-order valence-corrected chi connectivity index (χ0v) is 28.5. The number of amides is 2. The molecule has 0 aromatic heterocycles. The molecule has 0 bridgehead atoms. The number of carbonyl (C=O) groups excluding carboxylic acids is 2. The Hall–Kier alpha value is -4.34. The van der Waals surface area contributed by atoms with Crippen molar-refractivity contribution < 1.29 is 19.1 Å². The molecule has 2 amide bonds. The van der Waals surface area contributed by atoms with E-state index in [1.807, 2.05) is 121 Å². The van der Waals surface area contributed by atoms with Crippen molar-refractivity contribution in [1.29, 1.82) is 0 Å². The second kappa shape index (κ2) is 17.4. The number of likely N-dealkylation sites (tertiary alicyclic amines) is 1. The van der Waals surface area contributed by atoms with Gasteiger partial charge in [0.15, 0.2) is 0 Å². The molecule has 4 aromatic carbocycles. The van der Waals surface area contributed by atoms with Gasteiger partial charge >= 0.3 is 0 Å². The number of nitrogens with one attached hydrogen (secondary N) is 1. The largest absolute Gasteiger partial charge is 0.369 e. The van der Waals surface area contributed by atoms with Crippen LogP contribution in [0.25, 0.3) is 0 Å². The second-order valence-electron chi connectivity index (χ2n) is 12.8. The van der Waals surface area contributed by atoms with Gasteiger partial charge in [-0.3, -0.25) is 9.59 Å². The molecule has 0 saturated carbocycles. The van der Waals surface area contributed by atoms with Gasteiger partial charge in [-0.1, -0.05) is 135 Å². The quantitative estimate of drug-likeness (QED) is 0.0975. The van der Waals surface area contributed by atoms with Gasteiger partial charge in [-0.2, -0.15) is 0 Å². The topological polar surface area (TPSA) is 120 Å².